The highest BCUT2D eigenvalue weighted by Gasteiger charge is 2.36. The summed E-state index contributed by atoms with van der Waals surface area (Å²) in [5.74, 6) is 1.76. The molecule has 2 amide bonds. The third-order valence-electron chi connectivity index (χ3n) is 5.96. The molecule has 34 heavy (non-hydrogen) atoms. The SMILES string of the molecule is Cc1ccc(CN(Cc2ccc(F)cc2)C(=O)CN(C(=O)c2ccc3c(c2)OCO3)C2CC2)o1. The van der Waals surface area contributed by atoms with Gasteiger partial charge >= 0.3 is 0 Å². The minimum absolute atomic E-state index is 0.0281. The molecule has 2 aliphatic rings. The van der Waals surface area contributed by atoms with Gasteiger partial charge in [-0.15, -0.1) is 0 Å². The fourth-order valence-corrected chi connectivity index (χ4v) is 3.99. The van der Waals surface area contributed by atoms with E-state index >= 15 is 0 Å². The molecule has 8 heteroatoms. The number of aryl methyl sites for hydroxylation is 1. The van der Waals surface area contributed by atoms with Gasteiger partial charge in [0, 0.05) is 18.2 Å². The number of benzene rings is 2. The average molecular weight is 464 g/mol. The van der Waals surface area contributed by atoms with Crippen molar-refractivity contribution in [3.8, 4) is 11.5 Å². The molecular weight excluding hydrogens is 439 g/mol. The number of carbonyl (C=O) groups is 2. The topological polar surface area (TPSA) is 72.2 Å². The monoisotopic (exact) mass is 464 g/mol. The highest BCUT2D eigenvalue weighted by molar-refractivity contribution is 5.97. The van der Waals surface area contributed by atoms with Crippen LogP contribution in [0.25, 0.3) is 0 Å². The van der Waals surface area contributed by atoms with Crippen LogP contribution >= 0.6 is 0 Å². The summed E-state index contributed by atoms with van der Waals surface area (Å²) >= 11 is 0. The van der Waals surface area contributed by atoms with Crippen LogP contribution in [0.5, 0.6) is 11.5 Å². The first-order valence-electron chi connectivity index (χ1n) is 11.2. The van der Waals surface area contributed by atoms with Crippen LogP contribution in [0, 0.1) is 12.7 Å². The number of halogens is 1. The molecule has 2 heterocycles. The van der Waals surface area contributed by atoms with E-state index in [0.717, 1.165) is 24.2 Å². The fourth-order valence-electron chi connectivity index (χ4n) is 3.99. The lowest BCUT2D eigenvalue weighted by Gasteiger charge is -2.27. The van der Waals surface area contributed by atoms with E-state index in [1.165, 1.54) is 12.1 Å². The number of amides is 2. The smallest absolute Gasteiger partial charge is 0.254 e. The Hall–Kier alpha value is -3.81. The third kappa shape index (κ3) is 4.90. The average Bonchev–Trinajstić information content (AvgIpc) is 3.42. The van der Waals surface area contributed by atoms with Gasteiger partial charge in [-0.05, 0) is 67.8 Å². The molecule has 1 saturated carbocycles. The second-order valence-electron chi connectivity index (χ2n) is 8.62. The number of nitrogens with zero attached hydrogens (tertiary/aromatic N) is 2. The summed E-state index contributed by atoms with van der Waals surface area (Å²) in [4.78, 5) is 30.1. The van der Waals surface area contributed by atoms with Crippen LogP contribution in [0.2, 0.25) is 0 Å². The van der Waals surface area contributed by atoms with Crippen molar-refractivity contribution in [3.63, 3.8) is 0 Å². The number of furan rings is 1. The molecule has 1 aliphatic carbocycles. The zero-order chi connectivity index (χ0) is 23.7. The maximum Gasteiger partial charge on any atom is 0.254 e. The van der Waals surface area contributed by atoms with Crippen LogP contribution in [0.4, 0.5) is 4.39 Å². The highest BCUT2D eigenvalue weighted by Crippen LogP contribution is 2.34. The zero-order valence-electron chi connectivity index (χ0n) is 18.8. The van der Waals surface area contributed by atoms with Gasteiger partial charge in [0.05, 0.1) is 6.54 Å². The molecule has 1 aliphatic heterocycles. The van der Waals surface area contributed by atoms with Gasteiger partial charge in [-0.3, -0.25) is 9.59 Å². The number of rotatable bonds is 8. The lowest BCUT2D eigenvalue weighted by Crippen LogP contribution is -2.43. The van der Waals surface area contributed by atoms with Crippen molar-refractivity contribution in [1.29, 1.82) is 0 Å². The number of hydrogen-bond donors (Lipinski definition) is 0. The van der Waals surface area contributed by atoms with E-state index in [1.54, 1.807) is 40.1 Å². The van der Waals surface area contributed by atoms with Crippen LogP contribution in [0.1, 0.15) is 40.3 Å². The Balaban J connectivity index is 1.35. The first-order valence-corrected chi connectivity index (χ1v) is 11.2. The maximum atomic E-state index is 13.5. The quantitative estimate of drug-likeness (QED) is 0.497. The third-order valence-corrected chi connectivity index (χ3v) is 5.96. The summed E-state index contributed by atoms with van der Waals surface area (Å²) in [6.07, 6.45) is 1.72. The molecule has 0 unspecified atom stereocenters. The summed E-state index contributed by atoms with van der Waals surface area (Å²) in [6.45, 7) is 2.44. The van der Waals surface area contributed by atoms with Gasteiger partial charge in [0.25, 0.3) is 5.91 Å². The van der Waals surface area contributed by atoms with E-state index < -0.39 is 0 Å². The van der Waals surface area contributed by atoms with E-state index in [4.69, 9.17) is 13.9 Å². The van der Waals surface area contributed by atoms with Crippen molar-refractivity contribution >= 4 is 11.8 Å². The fraction of sp³-hybridized carbons (Fsp3) is 0.308. The van der Waals surface area contributed by atoms with Gasteiger partial charge in [0.1, 0.15) is 23.9 Å². The second kappa shape index (κ2) is 9.21. The van der Waals surface area contributed by atoms with Crippen LogP contribution in [-0.4, -0.2) is 41.0 Å². The maximum absolute atomic E-state index is 13.5. The van der Waals surface area contributed by atoms with Gasteiger partial charge in [0.15, 0.2) is 11.5 Å². The molecule has 1 aromatic heterocycles. The molecule has 0 N–H and O–H groups in total. The molecule has 176 valence electrons. The predicted molar refractivity (Wildman–Crippen MR) is 121 cm³/mol. The van der Waals surface area contributed by atoms with E-state index in [0.29, 0.717) is 22.8 Å². The molecule has 5 rings (SSSR count). The summed E-state index contributed by atoms with van der Waals surface area (Å²) in [5.41, 5.74) is 1.24. The Kier molecular flexibility index (Phi) is 5.96. The van der Waals surface area contributed by atoms with Crippen molar-refractivity contribution in [2.75, 3.05) is 13.3 Å². The number of fused-ring (bicyclic) bond motifs is 1. The normalized spacial score (nSPS) is 14.2. The molecule has 7 nitrogen and oxygen atoms in total. The summed E-state index contributed by atoms with van der Waals surface area (Å²) < 4.78 is 29.8. The van der Waals surface area contributed by atoms with Crippen LogP contribution in [-0.2, 0) is 17.9 Å². The largest absolute Gasteiger partial charge is 0.464 e. The van der Waals surface area contributed by atoms with E-state index in [2.05, 4.69) is 0 Å². The van der Waals surface area contributed by atoms with Gasteiger partial charge in [-0.1, -0.05) is 12.1 Å². The summed E-state index contributed by atoms with van der Waals surface area (Å²) in [5, 5.41) is 0. The first kappa shape index (κ1) is 22.0. The number of carbonyl (C=O) groups excluding carboxylic acids is 2. The summed E-state index contributed by atoms with van der Waals surface area (Å²) in [7, 11) is 0. The van der Waals surface area contributed by atoms with E-state index in [9.17, 15) is 14.0 Å². The zero-order valence-corrected chi connectivity index (χ0v) is 18.8. The van der Waals surface area contributed by atoms with Crippen molar-refractivity contribution < 1.29 is 27.9 Å². The molecule has 0 atom stereocenters. The van der Waals surface area contributed by atoms with Gasteiger partial charge < -0.3 is 23.7 Å². The molecule has 0 saturated heterocycles. The first-order chi connectivity index (χ1) is 16.5. The Morgan fingerprint density at radius 2 is 1.74 bits per heavy atom. The molecule has 3 aromatic rings. The van der Waals surface area contributed by atoms with E-state index in [1.807, 2.05) is 19.1 Å². The van der Waals surface area contributed by atoms with Gasteiger partial charge in [0.2, 0.25) is 12.7 Å². The van der Waals surface area contributed by atoms with Crippen LogP contribution in [0.15, 0.2) is 59.0 Å². The summed E-state index contributed by atoms with van der Waals surface area (Å²) in [6, 6.07) is 14.8. The number of ether oxygens (including phenoxy) is 2. The highest BCUT2D eigenvalue weighted by atomic mass is 19.1. The Bertz CT molecular complexity index is 1200. The predicted octanol–water partition coefficient (Wildman–Crippen LogP) is 4.29. The molecule has 0 radical (unpaired) electrons. The van der Waals surface area contributed by atoms with Crippen molar-refractivity contribution in [2.45, 2.75) is 38.9 Å². The Morgan fingerprint density at radius 3 is 2.44 bits per heavy atom. The van der Waals surface area contributed by atoms with Crippen LogP contribution in [0.3, 0.4) is 0 Å². The lowest BCUT2D eigenvalue weighted by molar-refractivity contribution is -0.133. The molecule has 0 spiro atoms. The number of hydrogen-bond acceptors (Lipinski definition) is 5. The standard InChI is InChI=1S/C26H25FN2O5/c1-17-2-10-22(34-17)14-28(13-18-3-6-20(27)7-4-18)25(30)15-29(21-8-9-21)26(31)19-5-11-23-24(12-19)33-16-32-23/h2-7,10-12,21H,8-9,13-16H2,1H3. The Labute approximate surface area is 196 Å². The lowest BCUT2D eigenvalue weighted by atomic mass is 10.1. The van der Waals surface area contributed by atoms with Gasteiger partial charge in [-0.2, -0.15) is 0 Å². The van der Waals surface area contributed by atoms with Crippen molar-refractivity contribution in [1.82, 2.24) is 9.80 Å². The molecule has 2 aromatic carbocycles. The molecule has 1 fully saturated rings. The van der Waals surface area contributed by atoms with Crippen LogP contribution < -0.4 is 9.47 Å². The van der Waals surface area contributed by atoms with Gasteiger partial charge in [-0.25, -0.2) is 4.39 Å². The van der Waals surface area contributed by atoms with E-state index in [-0.39, 0.29) is 50.1 Å². The second-order valence-corrected chi connectivity index (χ2v) is 8.62. The Morgan fingerprint density at radius 1 is 0.971 bits per heavy atom. The van der Waals surface area contributed by atoms with Crippen molar-refractivity contribution in [3.05, 3.63) is 83.1 Å². The minimum atomic E-state index is -0.336. The van der Waals surface area contributed by atoms with Crippen molar-refractivity contribution in [2.24, 2.45) is 0 Å². The molecular formula is C26H25FN2O5. The minimum Gasteiger partial charge on any atom is -0.464 e. The molecule has 0 bridgehead atoms.